The molecule has 3 aromatic rings. The smallest absolute Gasteiger partial charge is 0.339 e. The van der Waals surface area contributed by atoms with Crippen LogP contribution in [0.3, 0.4) is 0 Å². The Morgan fingerprint density at radius 3 is 2.60 bits per heavy atom. The Hall–Kier alpha value is -2.92. The number of carbonyl (C=O) groups excluding carboxylic acids is 2. The van der Waals surface area contributed by atoms with E-state index in [0.29, 0.717) is 17.1 Å². The molecule has 1 N–H and O–H groups in total. The molecule has 2 aromatic carbocycles. The zero-order valence-corrected chi connectivity index (χ0v) is 17.4. The first kappa shape index (κ1) is 20.4. The van der Waals surface area contributed by atoms with Crippen molar-refractivity contribution in [2.24, 2.45) is 0 Å². The number of fused-ring (bicyclic) bond motifs is 2. The second kappa shape index (κ2) is 9.26. The fourth-order valence-corrected chi connectivity index (χ4v) is 3.97. The van der Waals surface area contributed by atoms with Crippen molar-refractivity contribution in [3.63, 3.8) is 0 Å². The molecule has 1 aliphatic carbocycles. The van der Waals surface area contributed by atoms with Crippen molar-refractivity contribution in [2.75, 3.05) is 6.61 Å². The Kier molecular flexibility index (Phi) is 6.29. The molecule has 0 saturated carbocycles. The summed E-state index contributed by atoms with van der Waals surface area (Å²) in [5.74, 6) is -0.809. The Bertz CT molecular complexity index is 1080. The second-order valence-electron chi connectivity index (χ2n) is 7.47. The van der Waals surface area contributed by atoms with Gasteiger partial charge in [-0.15, -0.1) is 0 Å². The zero-order chi connectivity index (χ0) is 20.9. The molecule has 1 aromatic heterocycles. The minimum Gasteiger partial charge on any atom is -0.452 e. The zero-order valence-electron chi connectivity index (χ0n) is 16.6. The summed E-state index contributed by atoms with van der Waals surface area (Å²) < 4.78 is 5.41. The molecule has 4 rings (SSSR count). The maximum atomic E-state index is 13.0. The third-order valence-corrected chi connectivity index (χ3v) is 5.61. The number of benzene rings is 2. The molecule has 0 radical (unpaired) electrons. The predicted octanol–water partition coefficient (Wildman–Crippen LogP) is 4.63. The molecule has 0 saturated heterocycles. The summed E-state index contributed by atoms with van der Waals surface area (Å²) in [6, 6.07) is 14.8. The number of aromatic nitrogens is 1. The Morgan fingerprint density at radius 1 is 1.00 bits per heavy atom. The van der Waals surface area contributed by atoms with Gasteiger partial charge >= 0.3 is 5.97 Å². The summed E-state index contributed by atoms with van der Waals surface area (Å²) in [6.45, 7) is 0.0268. The number of rotatable bonds is 5. The number of para-hydroxylation sites is 1. The molecule has 154 valence electrons. The van der Waals surface area contributed by atoms with Crippen LogP contribution in [0.4, 0.5) is 0 Å². The number of nitrogens with zero attached hydrogens (tertiary/aromatic N) is 1. The van der Waals surface area contributed by atoms with Gasteiger partial charge in [0.25, 0.3) is 5.91 Å². The van der Waals surface area contributed by atoms with Crippen LogP contribution in [0.5, 0.6) is 0 Å². The van der Waals surface area contributed by atoms with Gasteiger partial charge in [0.2, 0.25) is 0 Å². The molecular formula is C24H23ClN2O3. The first-order valence-corrected chi connectivity index (χ1v) is 10.6. The van der Waals surface area contributed by atoms with Crippen LogP contribution in [0.2, 0.25) is 5.02 Å². The molecule has 30 heavy (non-hydrogen) atoms. The minimum atomic E-state index is -0.464. The number of ether oxygens (including phenoxy) is 1. The van der Waals surface area contributed by atoms with Crippen molar-refractivity contribution in [3.8, 4) is 0 Å². The Morgan fingerprint density at radius 2 is 1.77 bits per heavy atom. The van der Waals surface area contributed by atoms with E-state index in [1.165, 1.54) is 0 Å². The molecule has 5 nitrogen and oxygen atoms in total. The van der Waals surface area contributed by atoms with Crippen molar-refractivity contribution in [1.29, 1.82) is 0 Å². The first-order valence-electron chi connectivity index (χ1n) is 10.2. The van der Waals surface area contributed by atoms with Gasteiger partial charge in [-0.05, 0) is 55.0 Å². The lowest BCUT2D eigenvalue weighted by atomic mass is 9.97. The van der Waals surface area contributed by atoms with Gasteiger partial charge in [0.1, 0.15) is 0 Å². The highest BCUT2D eigenvalue weighted by Crippen LogP contribution is 2.29. The van der Waals surface area contributed by atoms with Crippen LogP contribution >= 0.6 is 11.6 Å². The summed E-state index contributed by atoms with van der Waals surface area (Å²) in [5, 5.41) is 4.19. The highest BCUT2D eigenvalue weighted by atomic mass is 35.5. The SMILES string of the molecule is O=C(COC(=O)c1c2c(nc3ccccc13)CCCCC2)NCc1ccc(Cl)cc1. The van der Waals surface area contributed by atoms with Crippen molar-refractivity contribution in [1.82, 2.24) is 10.3 Å². The molecule has 0 atom stereocenters. The molecule has 1 amide bonds. The van der Waals surface area contributed by atoms with E-state index in [2.05, 4.69) is 5.32 Å². The van der Waals surface area contributed by atoms with Gasteiger partial charge in [-0.1, -0.05) is 48.4 Å². The van der Waals surface area contributed by atoms with Crippen LogP contribution in [0.1, 0.15) is 46.4 Å². The number of pyridine rings is 1. The van der Waals surface area contributed by atoms with Gasteiger partial charge in [0, 0.05) is 22.6 Å². The monoisotopic (exact) mass is 422 g/mol. The van der Waals surface area contributed by atoms with Crippen LogP contribution in [-0.2, 0) is 28.9 Å². The summed E-state index contributed by atoms with van der Waals surface area (Å²) in [5.41, 5.74) is 4.22. The van der Waals surface area contributed by atoms with Gasteiger partial charge in [-0.2, -0.15) is 0 Å². The number of esters is 1. The lowest BCUT2D eigenvalue weighted by Gasteiger charge is -2.15. The maximum Gasteiger partial charge on any atom is 0.339 e. The maximum absolute atomic E-state index is 13.0. The molecule has 0 fully saturated rings. The number of aryl methyl sites for hydroxylation is 1. The standard InChI is InChI=1S/C24H23ClN2O3/c25-17-12-10-16(11-13-17)14-26-22(28)15-30-24(29)23-18-6-2-1-3-8-20(18)27-21-9-5-4-7-19(21)23/h4-5,7,9-13H,1-3,6,8,14-15H2,(H,26,28). The second-order valence-corrected chi connectivity index (χ2v) is 7.91. The van der Waals surface area contributed by atoms with Gasteiger partial charge in [-0.25, -0.2) is 4.79 Å². The number of halogens is 1. The lowest BCUT2D eigenvalue weighted by Crippen LogP contribution is -2.28. The van der Waals surface area contributed by atoms with Gasteiger partial charge < -0.3 is 10.1 Å². The fourth-order valence-electron chi connectivity index (χ4n) is 3.84. The summed E-state index contributed by atoms with van der Waals surface area (Å²) in [4.78, 5) is 30.0. The van der Waals surface area contributed by atoms with E-state index in [0.717, 1.165) is 59.8 Å². The topological polar surface area (TPSA) is 68.3 Å². The van der Waals surface area contributed by atoms with Crippen molar-refractivity contribution in [3.05, 3.63) is 75.9 Å². The van der Waals surface area contributed by atoms with Crippen LogP contribution in [0.25, 0.3) is 10.9 Å². The largest absolute Gasteiger partial charge is 0.452 e. The van der Waals surface area contributed by atoms with E-state index in [1.807, 2.05) is 36.4 Å². The van der Waals surface area contributed by atoms with Crippen LogP contribution in [0.15, 0.2) is 48.5 Å². The molecule has 0 unspecified atom stereocenters. The number of carbonyl (C=O) groups is 2. The van der Waals surface area contributed by atoms with Crippen molar-refractivity contribution < 1.29 is 14.3 Å². The number of hydrogen-bond acceptors (Lipinski definition) is 4. The number of hydrogen-bond donors (Lipinski definition) is 1. The molecule has 1 heterocycles. The van der Waals surface area contributed by atoms with E-state index >= 15 is 0 Å². The number of amides is 1. The molecular weight excluding hydrogens is 400 g/mol. The summed E-state index contributed by atoms with van der Waals surface area (Å²) in [7, 11) is 0. The first-order chi connectivity index (χ1) is 14.6. The van der Waals surface area contributed by atoms with Crippen LogP contribution in [-0.4, -0.2) is 23.5 Å². The van der Waals surface area contributed by atoms with E-state index < -0.39 is 5.97 Å². The van der Waals surface area contributed by atoms with Crippen molar-refractivity contribution >= 4 is 34.4 Å². The molecule has 0 spiro atoms. The highest BCUT2D eigenvalue weighted by molar-refractivity contribution is 6.30. The number of nitrogens with one attached hydrogen (secondary N) is 1. The third kappa shape index (κ3) is 4.62. The molecule has 0 aliphatic heterocycles. The minimum absolute atomic E-state index is 0.322. The fraction of sp³-hybridized carbons (Fsp3) is 0.292. The van der Waals surface area contributed by atoms with Gasteiger partial charge in [0.05, 0.1) is 11.1 Å². The molecule has 6 heteroatoms. The normalized spacial score (nSPS) is 13.4. The van der Waals surface area contributed by atoms with E-state index in [4.69, 9.17) is 21.3 Å². The highest BCUT2D eigenvalue weighted by Gasteiger charge is 2.23. The average molecular weight is 423 g/mol. The quantitative estimate of drug-likeness (QED) is 0.480. The summed E-state index contributed by atoms with van der Waals surface area (Å²) in [6.07, 6.45) is 4.88. The lowest BCUT2D eigenvalue weighted by molar-refractivity contribution is -0.124. The third-order valence-electron chi connectivity index (χ3n) is 5.36. The van der Waals surface area contributed by atoms with E-state index in [9.17, 15) is 9.59 Å². The predicted molar refractivity (Wildman–Crippen MR) is 117 cm³/mol. The van der Waals surface area contributed by atoms with Gasteiger partial charge in [-0.3, -0.25) is 9.78 Å². The molecule has 1 aliphatic rings. The van der Waals surface area contributed by atoms with E-state index in [1.54, 1.807) is 12.1 Å². The van der Waals surface area contributed by atoms with E-state index in [-0.39, 0.29) is 12.5 Å². The molecule has 0 bridgehead atoms. The Balaban J connectivity index is 1.48. The summed E-state index contributed by atoms with van der Waals surface area (Å²) >= 11 is 5.87. The van der Waals surface area contributed by atoms with Gasteiger partial charge in [0.15, 0.2) is 6.61 Å². The average Bonchev–Trinajstić information content (AvgIpc) is 3.00. The van der Waals surface area contributed by atoms with Crippen LogP contribution in [0, 0.1) is 0 Å². The van der Waals surface area contributed by atoms with Crippen molar-refractivity contribution in [2.45, 2.75) is 38.6 Å². The Labute approximate surface area is 180 Å². The van der Waals surface area contributed by atoms with Crippen LogP contribution < -0.4 is 5.32 Å².